The maximum absolute atomic E-state index is 12.1. The van der Waals surface area contributed by atoms with Crippen LogP contribution in [0.2, 0.25) is 10.0 Å². The second-order valence-electron chi connectivity index (χ2n) is 5.48. The highest BCUT2D eigenvalue weighted by molar-refractivity contribution is 6.35. The quantitative estimate of drug-likeness (QED) is 0.800. The Labute approximate surface area is 144 Å². The highest BCUT2D eigenvalue weighted by Gasteiger charge is 2.32. The molecule has 1 aromatic rings. The van der Waals surface area contributed by atoms with E-state index in [-0.39, 0.29) is 18.4 Å². The van der Waals surface area contributed by atoms with Gasteiger partial charge in [0.25, 0.3) is 0 Å². The molecule has 2 N–H and O–H groups in total. The lowest BCUT2D eigenvalue weighted by Gasteiger charge is -2.33. The molecule has 0 saturated carbocycles. The number of hydrogen-bond donors (Lipinski definition) is 2. The molecule has 0 bridgehead atoms. The number of hydrogen-bond acceptors (Lipinski definition) is 5. The zero-order valence-corrected chi connectivity index (χ0v) is 14.1. The fourth-order valence-corrected chi connectivity index (χ4v) is 2.95. The van der Waals surface area contributed by atoms with E-state index >= 15 is 0 Å². The minimum atomic E-state index is -0.671. The van der Waals surface area contributed by atoms with Gasteiger partial charge in [-0.1, -0.05) is 23.2 Å². The molecule has 1 aliphatic heterocycles. The Bertz CT molecular complexity index is 597. The Hall–Kier alpha value is -1.34. The smallest absolute Gasteiger partial charge is 0.310 e. The van der Waals surface area contributed by atoms with Crippen LogP contribution in [0.3, 0.4) is 0 Å². The summed E-state index contributed by atoms with van der Waals surface area (Å²) in [4.78, 5) is 25.5. The predicted molar refractivity (Wildman–Crippen MR) is 87.7 cm³/mol. The highest BCUT2D eigenvalue weighted by Crippen LogP contribution is 2.25. The molecule has 23 heavy (non-hydrogen) atoms. The fourth-order valence-electron chi connectivity index (χ4n) is 2.61. The van der Waals surface area contributed by atoms with Gasteiger partial charge in [-0.2, -0.15) is 0 Å². The summed E-state index contributed by atoms with van der Waals surface area (Å²) in [5.74, 6) is -1.12. The van der Waals surface area contributed by atoms with Crippen molar-refractivity contribution in [1.29, 1.82) is 0 Å². The molecule has 8 heteroatoms. The number of rotatable bonds is 4. The molecule has 1 aromatic carbocycles. The number of piperidine rings is 1. The number of aliphatic hydroxyl groups excluding tert-OH is 1. The lowest BCUT2D eigenvalue weighted by atomic mass is 9.96. The SMILES string of the molecule is COC(=O)C1CC(O)CN(CC(=O)Nc2cc(Cl)ccc2Cl)C1. The van der Waals surface area contributed by atoms with E-state index in [0.29, 0.717) is 35.2 Å². The summed E-state index contributed by atoms with van der Waals surface area (Å²) in [5.41, 5.74) is 0.422. The van der Waals surface area contributed by atoms with Crippen LogP contribution in [0, 0.1) is 5.92 Å². The van der Waals surface area contributed by atoms with Gasteiger partial charge in [0, 0.05) is 18.1 Å². The number of nitrogens with zero attached hydrogens (tertiary/aromatic N) is 1. The van der Waals surface area contributed by atoms with Crippen LogP contribution in [-0.2, 0) is 14.3 Å². The van der Waals surface area contributed by atoms with Crippen molar-refractivity contribution in [3.63, 3.8) is 0 Å². The third kappa shape index (κ3) is 5.07. The van der Waals surface area contributed by atoms with Crippen LogP contribution in [0.5, 0.6) is 0 Å². The van der Waals surface area contributed by atoms with Gasteiger partial charge in [-0.15, -0.1) is 0 Å². The molecular formula is C15H18Cl2N2O4. The average molecular weight is 361 g/mol. The topological polar surface area (TPSA) is 78.9 Å². The lowest BCUT2D eigenvalue weighted by molar-refractivity contribution is -0.149. The normalized spacial score (nSPS) is 21.7. The second kappa shape index (κ2) is 7.97. The van der Waals surface area contributed by atoms with Crippen molar-refractivity contribution >= 4 is 40.8 Å². The van der Waals surface area contributed by atoms with Crippen molar-refractivity contribution < 1.29 is 19.4 Å². The largest absolute Gasteiger partial charge is 0.469 e. The average Bonchev–Trinajstić information content (AvgIpc) is 2.49. The number of ether oxygens (including phenoxy) is 1. The molecule has 1 aliphatic rings. The van der Waals surface area contributed by atoms with E-state index in [4.69, 9.17) is 27.9 Å². The van der Waals surface area contributed by atoms with E-state index < -0.39 is 12.0 Å². The van der Waals surface area contributed by atoms with Crippen LogP contribution in [0.1, 0.15) is 6.42 Å². The van der Waals surface area contributed by atoms with Crippen LogP contribution in [0.4, 0.5) is 5.69 Å². The molecule has 1 amide bonds. The molecule has 0 radical (unpaired) electrons. The minimum absolute atomic E-state index is 0.0351. The van der Waals surface area contributed by atoms with Gasteiger partial charge in [0.2, 0.25) is 5.91 Å². The van der Waals surface area contributed by atoms with Gasteiger partial charge in [0.15, 0.2) is 0 Å². The molecule has 126 valence electrons. The van der Waals surface area contributed by atoms with Crippen LogP contribution in [-0.4, -0.2) is 54.7 Å². The van der Waals surface area contributed by atoms with Gasteiger partial charge in [-0.25, -0.2) is 0 Å². The number of halogens is 2. The van der Waals surface area contributed by atoms with E-state index in [2.05, 4.69) is 5.32 Å². The number of esters is 1. The van der Waals surface area contributed by atoms with E-state index in [1.807, 2.05) is 0 Å². The number of carbonyl (C=O) groups excluding carboxylic acids is 2. The van der Waals surface area contributed by atoms with Crippen molar-refractivity contribution in [3.05, 3.63) is 28.2 Å². The first kappa shape index (κ1) is 18.0. The number of anilines is 1. The summed E-state index contributed by atoms with van der Waals surface area (Å²) in [6.07, 6.45) is -0.333. The Balaban J connectivity index is 1.96. The van der Waals surface area contributed by atoms with Crippen LogP contribution >= 0.6 is 23.2 Å². The second-order valence-corrected chi connectivity index (χ2v) is 6.32. The van der Waals surface area contributed by atoms with Gasteiger partial charge in [-0.3, -0.25) is 14.5 Å². The molecule has 2 rings (SSSR count). The number of amides is 1. The molecule has 1 saturated heterocycles. The summed E-state index contributed by atoms with van der Waals surface area (Å²) < 4.78 is 4.71. The summed E-state index contributed by atoms with van der Waals surface area (Å²) in [5, 5.41) is 13.4. The van der Waals surface area contributed by atoms with Gasteiger partial charge in [-0.05, 0) is 24.6 Å². The first-order valence-corrected chi connectivity index (χ1v) is 7.87. The summed E-state index contributed by atoms with van der Waals surface area (Å²) in [6, 6.07) is 4.78. The first-order valence-electron chi connectivity index (χ1n) is 7.12. The van der Waals surface area contributed by atoms with Crippen LogP contribution in [0.15, 0.2) is 18.2 Å². The number of nitrogens with one attached hydrogen (secondary N) is 1. The van der Waals surface area contributed by atoms with E-state index in [1.54, 1.807) is 23.1 Å². The molecule has 2 atom stereocenters. The maximum Gasteiger partial charge on any atom is 0.310 e. The summed E-state index contributed by atoms with van der Waals surface area (Å²) in [7, 11) is 1.31. The maximum atomic E-state index is 12.1. The Morgan fingerprint density at radius 2 is 2.13 bits per heavy atom. The van der Waals surface area contributed by atoms with Gasteiger partial charge in [0.05, 0.1) is 36.4 Å². The number of β-amino-alcohol motifs (C(OH)–C–C–N with tert-alkyl or cyclic N) is 1. The van der Waals surface area contributed by atoms with E-state index in [0.717, 1.165) is 0 Å². The predicted octanol–water partition coefficient (Wildman–Crippen LogP) is 1.79. The lowest BCUT2D eigenvalue weighted by Crippen LogP contribution is -2.48. The van der Waals surface area contributed by atoms with Crippen LogP contribution in [0.25, 0.3) is 0 Å². The number of aliphatic hydroxyl groups is 1. The van der Waals surface area contributed by atoms with Crippen molar-refractivity contribution in [3.8, 4) is 0 Å². The van der Waals surface area contributed by atoms with Crippen molar-refractivity contribution in [2.45, 2.75) is 12.5 Å². The van der Waals surface area contributed by atoms with Crippen molar-refractivity contribution in [2.75, 3.05) is 32.1 Å². The molecular weight excluding hydrogens is 343 g/mol. The standard InChI is InChI=1S/C15H18Cl2N2O4/c1-23-15(22)9-4-11(20)7-19(6-9)8-14(21)18-13-5-10(16)2-3-12(13)17/h2-3,5,9,11,20H,4,6-8H2,1H3,(H,18,21). The molecule has 0 aliphatic carbocycles. The van der Waals surface area contributed by atoms with E-state index in [9.17, 15) is 14.7 Å². The molecule has 2 unspecified atom stereocenters. The molecule has 6 nitrogen and oxygen atoms in total. The molecule has 1 fully saturated rings. The minimum Gasteiger partial charge on any atom is -0.469 e. The van der Waals surface area contributed by atoms with Gasteiger partial charge >= 0.3 is 5.97 Å². The zero-order chi connectivity index (χ0) is 17.0. The van der Waals surface area contributed by atoms with Crippen LogP contribution < -0.4 is 5.32 Å². The monoisotopic (exact) mass is 360 g/mol. The first-order chi connectivity index (χ1) is 10.9. The summed E-state index contributed by atoms with van der Waals surface area (Å²) >= 11 is 11.9. The third-order valence-corrected chi connectivity index (χ3v) is 4.17. The molecule has 0 spiro atoms. The zero-order valence-electron chi connectivity index (χ0n) is 12.6. The number of methoxy groups -OCH3 is 1. The Morgan fingerprint density at radius 1 is 1.39 bits per heavy atom. The molecule has 1 heterocycles. The third-order valence-electron chi connectivity index (χ3n) is 3.61. The fraction of sp³-hybridized carbons (Fsp3) is 0.467. The Morgan fingerprint density at radius 3 is 2.83 bits per heavy atom. The van der Waals surface area contributed by atoms with Crippen molar-refractivity contribution in [1.82, 2.24) is 4.90 Å². The Kier molecular flexibility index (Phi) is 6.24. The van der Waals surface area contributed by atoms with Gasteiger partial charge in [0.1, 0.15) is 0 Å². The number of carbonyl (C=O) groups is 2. The number of benzene rings is 1. The highest BCUT2D eigenvalue weighted by atomic mass is 35.5. The van der Waals surface area contributed by atoms with Gasteiger partial charge < -0.3 is 15.2 Å². The number of likely N-dealkylation sites (tertiary alicyclic amines) is 1. The van der Waals surface area contributed by atoms with E-state index in [1.165, 1.54) is 7.11 Å². The van der Waals surface area contributed by atoms with Crippen molar-refractivity contribution in [2.24, 2.45) is 5.92 Å². The molecule has 0 aromatic heterocycles. The summed E-state index contributed by atoms with van der Waals surface area (Å²) in [6.45, 7) is 0.720.